The molecule has 0 atom stereocenters. The first-order chi connectivity index (χ1) is 5.97. The van der Waals surface area contributed by atoms with Crippen LogP contribution >= 0.6 is 0 Å². The van der Waals surface area contributed by atoms with Gasteiger partial charge in [-0.1, -0.05) is 0 Å². The van der Waals surface area contributed by atoms with Crippen LogP contribution in [-0.2, 0) is 0 Å². The molecule has 8 heteroatoms. The Balaban J connectivity index is 2.46. The van der Waals surface area contributed by atoms with E-state index in [4.69, 9.17) is 0 Å². The molecule has 0 radical (unpaired) electrons. The maximum absolute atomic E-state index is 3.66. The zero-order valence-electron chi connectivity index (χ0n) is 5.73. The minimum Gasteiger partial charge on any atom is -0.135 e. The van der Waals surface area contributed by atoms with Crippen LogP contribution in [0.2, 0.25) is 0 Å². The molecule has 2 heterocycles. The van der Waals surface area contributed by atoms with E-state index in [0.29, 0.717) is 5.69 Å². The fourth-order valence-corrected chi connectivity index (χ4v) is 0.607. The minimum absolute atomic E-state index is 0.278. The third-order valence-corrected chi connectivity index (χ3v) is 1.06. The highest BCUT2D eigenvalue weighted by Crippen LogP contribution is 2.02. The molecule has 2 aromatic heterocycles. The summed E-state index contributed by atoms with van der Waals surface area (Å²) < 4.78 is 0. The first-order valence-electron chi connectivity index (χ1n) is 2.98. The molecule has 0 aliphatic carbocycles. The van der Waals surface area contributed by atoms with E-state index >= 15 is 0 Å². The van der Waals surface area contributed by atoms with Gasteiger partial charge in [-0.15, -0.1) is 30.6 Å². The van der Waals surface area contributed by atoms with E-state index in [1.54, 1.807) is 0 Å². The molecule has 58 valence electrons. The number of hydrogen-bond acceptors (Lipinski definition) is 8. The van der Waals surface area contributed by atoms with Crippen molar-refractivity contribution in [3.05, 3.63) is 12.5 Å². The van der Waals surface area contributed by atoms with Crippen molar-refractivity contribution in [3.63, 3.8) is 0 Å². The quantitative estimate of drug-likeness (QED) is 0.499. The van der Waals surface area contributed by atoms with Gasteiger partial charge in [-0.25, -0.2) is 0 Å². The minimum atomic E-state index is 0.278. The summed E-state index contributed by atoms with van der Waals surface area (Å²) in [6, 6.07) is 0. The Hall–Kier alpha value is -2.12. The Morgan fingerprint density at radius 2 is 1.67 bits per heavy atom. The van der Waals surface area contributed by atoms with Crippen molar-refractivity contribution >= 4 is 0 Å². The monoisotopic (exact) mass is 162 g/mol. The van der Waals surface area contributed by atoms with Gasteiger partial charge in [0.05, 0.1) is 6.20 Å². The van der Waals surface area contributed by atoms with Crippen molar-refractivity contribution in [2.45, 2.75) is 0 Å². The summed E-state index contributed by atoms with van der Waals surface area (Å²) in [6.45, 7) is 0. The predicted octanol–water partition coefficient (Wildman–Crippen LogP) is -1.49. The number of rotatable bonds is 1. The average molecular weight is 162 g/mol. The Labute approximate surface area is 66.1 Å². The molecule has 0 N–H and O–H groups in total. The van der Waals surface area contributed by atoms with Gasteiger partial charge in [-0.05, 0) is 10.4 Å². The number of nitrogens with zero attached hydrogens (tertiary/aromatic N) is 8. The van der Waals surface area contributed by atoms with Gasteiger partial charge in [0, 0.05) is 0 Å². The van der Waals surface area contributed by atoms with Crippen LogP contribution in [0, 0.1) is 0 Å². The standard InChI is InChI=1S/C4H2N8/c1-3(8-12-11-5-1)4-9-6-2-7-10-4/h1-2H. The zero-order chi connectivity index (χ0) is 8.23. The van der Waals surface area contributed by atoms with E-state index in [-0.39, 0.29) is 5.82 Å². The molecule has 0 aromatic carbocycles. The van der Waals surface area contributed by atoms with Crippen molar-refractivity contribution in [2.24, 2.45) is 0 Å². The zero-order valence-corrected chi connectivity index (χ0v) is 5.73. The maximum atomic E-state index is 3.66. The molecule has 0 fully saturated rings. The summed E-state index contributed by atoms with van der Waals surface area (Å²) in [5.74, 6) is 0.278. The number of hydrogen-bond donors (Lipinski definition) is 0. The van der Waals surface area contributed by atoms with E-state index in [1.807, 2.05) is 0 Å². The lowest BCUT2D eigenvalue weighted by atomic mass is 10.5. The van der Waals surface area contributed by atoms with Crippen LogP contribution in [0.4, 0.5) is 0 Å². The van der Waals surface area contributed by atoms with E-state index in [0.717, 1.165) is 0 Å². The summed E-state index contributed by atoms with van der Waals surface area (Å²) in [7, 11) is 0. The molecule has 0 aliphatic rings. The van der Waals surface area contributed by atoms with Crippen LogP contribution in [0.25, 0.3) is 11.5 Å². The van der Waals surface area contributed by atoms with Crippen LogP contribution in [0.3, 0.4) is 0 Å². The molecule has 0 unspecified atom stereocenters. The fourth-order valence-electron chi connectivity index (χ4n) is 0.607. The summed E-state index contributed by atoms with van der Waals surface area (Å²) in [6.07, 6.45) is 2.61. The second kappa shape index (κ2) is 2.86. The van der Waals surface area contributed by atoms with Gasteiger partial charge in [-0.2, -0.15) is 0 Å². The lowest BCUT2D eigenvalue weighted by molar-refractivity contribution is 0.753. The molecule has 0 aliphatic heterocycles. The maximum Gasteiger partial charge on any atom is 0.225 e. The Morgan fingerprint density at radius 1 is 0.833 bits per heavy atom. The second-order valence-corrected chi connectivity index (χ2v) is 1.78. The topological polar surface area (TPSA) is 103 Å². The molecule has 8 nitrogen and oxygen atoms in total. The molecule has 0 bridgehead atoms. The highest BCUT2D eigenvalue weighted by atomic mass is 15.4. The normalized spacial score (nSPS) is 9.67. The Kier molecular flexibility index (Phi) is 1.57. The van der Waals surface area contributed by atoms with E-state index in [1.165, 1.54) is 12.5 Å². The van der Waals surface area contributed by atoms with E-state index in [2.05, 4.69) is 41.0 Å². The molecule has 0 spiro atoms. The van der Waals surface area contributed by atoms with Gasteiger partial charge in [0.1, 0.15) is 0 Å². The first-order valence-corrected chi connectivity index (χ1v) is 2.98. The SMILES string of the molecule is c1nnc(-c2cnnnn2)nn1. The summed E-state index contributed by atoms with van der Waals surface area (Å²) >= 11 is 0. The molecule has 0 saturated carbocycles. The van der Waals surface area contributed by atoms with Crippen LogP contribution in [-0.4, -0.2) is 41.0 Å². The Morgan fingerprint density at radius 3 is 2.33 bits per heavy atom. The van der Waals surface area contributed by atoms with Gasteiger partial charge in [0.2, 0.25) is 5.82 Å². The van der Waals surface area contributed by atoms with E-state index < -0.39 is 0 Å². The van der Waals surface area contributed by atoms with Crippen molar-refractivity contribution < 1.29 is 0 Å². The average Bonchev–Trinajstić information content (AvgIpc) is 2.21. The smallest absolute Gasteiger partial charge is 0.135 e. The highest BCUT2D eigenvalue weighted by Gasteiger charge is 2.02. The largest absolute Gasteiger partial charge is 0.225 e. The van der Waals surface area contributed by atoms with Crippen molar-refractivity contribution in [2.75, 3.05) is 0 Å². The Bertz CT molecular complexity index is 308. The van der Waals surface area contributed by atoms with Crippen molar-refractivity contribution in [1.82, 2.24) is 41.0 Å². The first kappa shape index (κ1) is 6.58. The summed E-state index contributed by atoms with van der Waals surface area (Å²) in [5.41, 5.74) is 0.394. The van der Waals surface area contributed by atoms with Gasteiger partial charge in [0.25, 0.3) is 0 Å². The van der Waals surface area contributed by atoms with Crippen molar-refractivity contribution in [1.29, 1.82) is 0 Å². The second-order valence-electron chi connectivity index (χ2n) is 1.78. The molecule has 12 heavy (non-hydrogen) atoms. The van der Waals surface area contributed by atoms with Crippen LogP contribution in [0.5, 0.6) is 0 Å². The van der Waals surface area contributed by atoms with Crippen LogP contribution in [0.15, 0.2) is 12.5 Å². The molecule has 2 rings (SSSR count). The molecular weight excluding hydrogens is 160 g/mol. The van der Waals surface area contributed by atoms with Gasteiger partial charge in [0.15, 0.2) is 12.0 Å². The van der Waals surface area contributed by atoms with Crippen LogP contribution < -0.4 is 0 Å². The van der Waals surface area contributed by atoms with Crippen LogP contribution in [0.1, 0.15) is 0 Å². The lowest BCUT2D eigenvalue weighted by Gasteiger charge is -1.90. The summed E-state index contributed by atoms with van der Waals surface area (Å²) in [4.78, 5) is 0. The fraction of sp³-hybridized carbons (Fsp3) is 0. The molecule has 0 saturated heterocycles. The predicted molar refractivity (Wildman–Crippen MR) is 34.2 cm³/mol. The molecule has 0 amide bonds. The molecule has 2 aromatic rings. The van der Waals surface area contributed by atoms with E-state index in [9.17, 15) is 0 Å². The summed E-state index contributed by atoms with van der Waals surface area (Å²) in [5, 5.41) is 28.1. The van der Waals surface area contributed by atoms with Gasteiger partial charge >= 0.3 is 0 Å². The number of aromatic nitrogens is 8. The third kappa shape index (κ3) is 1.17. The van der Waals surface area contributed by atoms with Gasteiger partial charge in [-0.3, -0.25) is 0 Å². The van der Waals surface area contributed by atoms with Gasteiger partial charge < -0.3 is 0 Å². The molecular formula is C4H2N8. The highest BCUT2D eigenvalue weighted by molar-refractivity contribution is 5.43. The third-order valence-electron chi connectivity index (χ3n) is 1.06. The lowest BCUT2D eigenvalue weighted by Crippen LogP contribution is -1.99. The van der Waals surface area contributed by atoms with Crippen molar-refractivity contribution in [3.8, 4) is 11.5 Å².